The van der Waals surface area contributed by atoms with E-state index in [0.29, 0.717) is 0 Å². The summed E-state index contributed by atoms with van der Waals surface area (Å²) >= 11 is 3.37. The van der Waals surface area contributed by atoms with Gasteiger partial charge in [0.1, 0.15) is 0 Å². The van der Waals surface area contributed by atoms with Gasteiger partial charge in [0.05, 0.1) is 0 Å². The van der Waals surface area contributed by atoms with Crippen molar-refractivity contribution in [3.63, 3.8) is 0 Å². The summed E-state index contributed by atoms with van der Waals surface area (Å²) in [5, 5.41) is 0. The number of halogens is 1. The molecule has 0 radical (unpaired) electrons. The highest BCUT2D eigenvalue weighted by Crippen LogP contribution is 2.26. The van der Waals surface area contributed by atoms with Gasteiger partial charge in [0.2, 0.25) is 0 Å². The number of hydrogen-bond acceptors (Lipinski definition) is 1. The fraction of sp³-hybridized carbons (Fsp3) is 0.750. The molecule has 1 nitrogen and oxygen atoms in total. The molecule has 1 fully saturated rings. The highest BCUT2D eigenvalue weighted by atomic mass is 79.9. The third kappa shape index (κ3) is 1.61. The van der Waals surface area contributed by atoms with E-state index in [4.69, 9.17) is 0 Å². The number of hydrogen-bond donors (Lipinski definition) is 0. The molecule has 1 heterocycles. The van der Waals surface area contributed by atoms with Gasteiger partial charge in [0.25, 0.3) is 0 Å². The standard InChI is InChI=1S/C8H14BrN/c1-6(9)5-10-7(2)4-8(10)3/h7-8H,1,4-5H2,2-3H3. The van der Waals surface area contributed by atoms with Crippen LogP contribution in [-0.4, -0.2) is 23.5 Å². The average Bonchev–Trinajstić information content (AvgIpc) is 1.84. The summed E-state index contributed by atoms with van der Waals surface area (Å²) < 4.78 is 1.09. The zero-order valence-corrected chi connectivity index (χ0v) is 8.19. The van der Waals surface area contributed by atoms with Crippen LogP contribution in [0.4, 0.5) is 0 Å². The lowest BCUT2D eigenvalue weighted by Crippen LogP contribution is -2.52. The van der Waals surface area contributed by atoms with E-state index >= 15 is 0 Å². The largest absolute Gasteiger partial charge is 0.293 e. The summed E-state index contributed by atoms with van der Waals surface area (Å²) in [4.78, 5) is 2.44. The normalized spacial score (nSPS) is 33.5. The second-order valence-electron chi connectivity index (χ2n) is 3.12. The average molecular weight is 204 g/mol. The lowest BCUT2D eigenvalue weighted by Gasteiger charge is -2.45. The van der Waals surface area contributed by atoms with Crippen molar-refractivity contribution in [1.82, 2.24) is 4.90 Å². The minimum Gasteiger partial charge on any atom is -0.293 e. The molecule has 0 saturated carbocycles. The van der Waals surface area contributed by atoms with E-state index in [2.05, 4.69) is 41.3 Å². The van der Waals surface area contributed by atoms with Gasteiger partial charge in [-0.05, 0) is 20.3 Å². The molecule has 0 aromatic carbocycles. The molecule has 10 heavy (non-hydrogen) atoms. The second kappa shape index (κ2) is 3.05. The molecule has 2 unspecified atom stereocenters. The van der Waals surface area contributed by atoms with Crippen LogP contribution < -0.4 is 0 Å². The molecule has 2 heteroatoms. The van der Waals surface area contributed by atoms with Crippen molar-refractivity contribution in [2.24, 2.45) is 0 Å². The first-order chi connectivity index (χ1) is 4.61. The van der Waals surface area contributed by atoms with Crippen LogP contribution in [0.15, 0.2) is 11.1 Å². The maximum absolute atomic E-state index is 3.82. The van der Waals surface area contributed by atoms with Crippen LogP contribution in [0.1, 0.15) is 20.3 Å². The van der Waals surface area contributed by atoms with Crippen molar-refractivity contribution in [1.29, 1.82) is 0 Å². The van der Waals surface area contributed by atoms with Crippen molar-refractivity contribution in [3.8, 4) is 0 Å². The lowest BCUT2D eigenvalue weighted by molar-refractivity contribution is 0.0510. The fourth-order valence-corrected chi connectivity index (χ4v) is 1.86. The molecule has 0 bridgehead atoms. The molecule has 0 aromatic heterocycles. The molecule has 0 spiro atoms. The lowest BCUT2D eigenvalue weighted by atomic mass is 9.96. The van der Waals surface area contributed by atoms with Crippen LogP contribution in [-0.2, 0) is 0 Å². The Hall–Kier alpha value is 0.180. The topological polar surface area (TPSA) is 3.24 Å². The Morgan fingerprint density at radius 2 is 2.10 bits per heavy atom. The zero-order chi connectivity index (χ0) is 7.72. The Morgan fingerprint density at radius 3 is 2.30 bits per heavy atom. The van der Waals surface area contributed by atoms with Crippen LogP contribution in [0.25, 0.3) is 0 Å². The Balaban J connectivity index is 2.33. The van der Waals surface area contributed by atoms with Gasteiger partial charge in [0, 0.05) is 23.1 Å². The van der Waals surface area contributed by atoms with Crippen molar-refractivity contribution in [2.45, 2.75) is 32.4 Å². The molecule has 0 aromatic rings. The molecule has 1 rings (SSSR count). The molecule has 0 N–H and O–H groups in total. The van der Waals surface area contributed by atoms with Crippen LogP contribution in [0.2, 0.25) is 0 Å². The van der Waals surface area contributed by atoms with Crippen LogP contribution >= 0.6 is 15.9 Å². The van der Waals surface area contributed by atoms with Crippen molar-refractivity contribution in [2.75, 3.05) is 6.54 Å². The van der Waals surface area contributed by atoms with Crippen molar-refractivity contribution < 1.29 is 0 Å². The Bertz CT molecular complexity index is 136. The Kier molecular flexibility index (Phi) is 2.53. The van der Waals surface area contributed by atoms with E-state index in [0.717, 1.165) is 23.1 Å². The van der Waals surface area contributed by atoms with E-state index in [1.54, 1.807) is 0 Å². The van der Waals surface area contributed by atoms with Gasteiger partial charge in [-0.15, -0.1) is 0 Å². The smallest absolute Gasteiger partial charge is 0.0299 e. The second-order valence-corrected chi connectivity index (χ2v) is 4.24. The number of likely N-dealkylation sites (tertiary alicyclic amines) is 1. The molecular formula is C8H14BrN. The maximum Gasteiger partial charge on any atom is 0.0299 e. The third-order valence-electron chi connectivity index (χ3n) is 2.17. The van der Waals surface area contributed by atoms with Crippen LogP contribution in [0, 0.1) is 0 Å². The predicted octanol–water partition coefficient (Wildman–Crippen LogP) is 2.38. The highest BCUT2D eigenvalue weighted by Gasteiger charge is 2.30. The first-order valence-electron chi connectivity index (χ1n) is 3.70. The van der Waals surface area contributed by atoms with Gasteiger partial charge in [0.15, 0.2) is 0 Å². The summed E-state index contributed by atoms with van der Waals surface area (Å²) in [5.74, 6) is 0. The summed E-state index contributed by atoms with van der Waals surface area (Å²) in [6.07, 6.45) is 1.33. The molecule has 58 valence electrons. The van der Waals surface area contributed by atoms with Crippen LogP contribution in [0.3, 0.4) is 0 Å². The van der Waals surface area contributed by atoms with Crippen LogP contribution in [0.5, 0.6) is 0 Å². The third-order valence-corrected chi connectivity index (χ3v) is 2.42. The summed E-state index contributed by atoms with van der Waals surface area (Å²) in [5.41, 5.74) is 0. The van der Waals surface area contributed by atoms with Gasteiger partial charge in [-0.2, -0.15) is 0 Å². The monoisotopic (exact) mass is 203 g/mol. The van der Waals surface area contributed by atoms with E-state index in [1.165, 1.54) is 6.42 Å². The molecular weight excluding hydrogens is 190 g/mol. The Morgan fingerprint density at radius 1 is 1.60 bits per heavy atom. The van der Waals surface area contributed by atoms with Crippen molar-refractivity contribution in [3.05, 3.63) is 11.1 Å². The van der Waals surface area contributed by atoms with Gasteiger partial charge < -0.3 is 0 Å². The quantitative estimate of drug-likeness (QED) is 0.667. The summed E-state index contributed by atoms with van der Waals surface area (Å²) in [6, 6.07) is 1.51. The first-order valence-corrected chi connectivity index (χ1v) is 4.49. The molecule has 1 aliphatic heterocycles. The SMILES string of the molecule is C=C(Br)CN1C(C)CC1C. The molecule has 1 aliphatic rings. The minimum absolute atomic E-state index is 0.754. The van der Waals surface area contributed by atoms with E-state index in [9.17, 15) is 0 Å². The molecule has 0 amide bonds. The van der Waals surface area contributed by atoms with E-state index in [1.807, 2.05) is 0 Å². The highest BCUT2D eigenvalue weighted by molar-refractivity contribution is 9.11. The van der Waals surface area contributed by atoms with E-state index in [-0.39, 0.29) is 0 Å². The van der Waals surface area contributed by atoms with Gasteiger partial charge in [-0.3, -0.25) is 4.90 Å². The van der Waals surface area contributed by atoms with Crippen molar-refractivity contribution >= 4 is 15.9 Å². The van der Waals surface area contributed by atoms with E-state index < -0.39 is 0 Å². The summed E-state index contributed by atoms with van der Waals surface area (Å²) in [6.45, 7) is 9.34. The molecule has 0 aliphatic carbocycles. The first kappa shape index (κ1) is 8.28. The number of rotatable bonds is 2. The van der Waals surface area contributed by atoms with Gasteiger partial charge in [-0.25, -0.2) is 0 Å². The fourth-order valence-electron chi connectivity index (χ4n) is 1.57. The number of nitrogens with zero attached hydrogens (tertiary/aromatic N) is 1. The van der Waals surface area contributed by atoms with Gasteiger partial charge in [-0.1, -0.05) is 22.5 Å². The predicted molar refractivity (Wildman–Crippen MR) is 48.3 cm³/mol. The molecule has 1 saturated heterocycles. The zero-order valence-electron chi connectivity index (χ0n) is 6.60. The Labute approximate surface area is 71.2 Å². The maximum atomic E-state index is 3.82. The minimum atomic E-state index is 0.754. The summed E-state index contributed by atoms with van der Waals surface area (Å²) in [7, 11) is 0. The molecule has 2 atom stereocenters. The van der Waals surface area contributed by atoms with Gasteiger partial charge >= 0.3 is 0 Å².